The molecule has 0 saturated carbocycles. The Balaban J connectivity index is 2.12. The van der Waals surface area contributed by atoms with Gasteiger partial charge in [-0.1, -0.05) is 30.3 Å². The van der Waals surface area contributed by atoms with Crippen LogP contribution in [0.15, 0.2) is 48.7 Å². The van der Waals surface area contributed by atoms with Crippen molar-refractivity contribution in [3.8, 4) is 6.07 Å². The summed E-state index contributed by atoms with van der Waals surface area (Å²) in [5.74, 6) is -0.228. The molecule has 0 aliphatic heterocycles. The minimum atomic E-state index is -0.315. The minimum Gasteiger partial charge on any atom is -0.357 e. The summed E-state index contributed by atoms with van der Waals surface area (Å²) in [6.45, 7) is 0.831. The SMILES string of the molecule is CNCCC(c1ccccc1)c1cc(F)c2[nH]cc(C#N)c2c1. The first-order chi connectivity index (χ1) is 11.2. The van der Waals surface area contributed by atoms with Crippen molar-refractivity contribution in [3.05, 3.63) is 71.2 Å². The molecule has 116 valence electrons. The summed E-state index contributed by atoms with van der Waals surface area (Å²) in [5.41, 5.74) is 2.91. The molecule has 0 radical (unpaired) electrons. The van der Waals surface area contributed by atoms with Crippen molar-refractivity contribution in [1.29, 1.82) is 5.26 Å². The largest absolute Gasteiger partial charge is 0.357 e. The smallest absolute Gasteiger partial charge is 0.147 e. The van der Waals surface area contributed by atoms with Gasteiger partial charge in [-0.15, -0.1) is 0 Å². The van der Waals surface area contributed by atoms with Crippen LogP contribution < -0.4 is 5.32 Å². The molecule has 23 heavy (non-hydrogen) atoms. The number of hydrogen-bond acceptors (Lipinski definition) is 2. The Kier molecular flexibility index (Phi) is 4.40. The summed E-state index contributed by atoms with van der Waals surface area (Å²) in [4.78, 5) is 2.85. The first-order valence-electron chi connectivity index (χ1n) is 7.64. The van der Waals surface area contributed by atoms with Gasteiger partial charge in [0.15, 0.2) is 0 Å². The Hall–Kier alpha value is -2.64. The van der Waals surface area contributed by atoms with Crippen LogP contribution >= 0.6 is 0 Å². The van der Waals surface area contributed by atoms with Crippen molar-refractivity contribution in [2.45, 2.75) is 12.3 Å². The summed E-state index contributed by atoms with van der Waals surface area (Å²) in [6.07, 6.45) is 2.42. The fourth-order valence-electron chi connectivity index (χ4n) is 3.00. The average Bonchev–Trinajstić information content (AvgIpc) is 3.00. The van der Waals surface area contributed by atoms with Crippen LogP contribution in [-0.4, -0.2) is 18.6 Å². The third-order valence-corrected chi connectivity index (χ3v) is 4.17. The highest BCUT2D eigenvalue weighted by molar-refractivity contribution is 5.87. The van der Waals surface area contributed by atoms with Gasteiger partial charge in [-0.3, -0.25) is 0 Å². The second kappa shape index (κ2) is 6.64. The summed E-state index contributed by atoms with van der Waals surface area (Å²) in [7, 11) is 1.91. The lowest BCUT2D eigenvalue weighted by Gasteiger charge is -2.18. The number of aromatic amines is 1. The van der Waals surface area contributed by atoms with Crippen LogP contribution in [-0.2, 0) is 0 Å². The van der Waals surface area contributed by atoms with E-state index < -0.39 is 0 Å². The van der Waals surface area contributed by atoms with Crippen LogP contribution in [0.25, 0.3) is 10.9 Å². The van der Waals surface area contributed by atoms with Gasteiger partial charge < -0.3 is 10.3 Å². The van der Waals surface area contributed by atoms with Crippen LogP contribution in [0.2, 0.25) is 0 Å². The second-order valence-corrected chi connectivity index (χ2v) is 5.59. The highest BCUT2D eigenvalue weighted by Crippen LogP contribution is 2.32. The molecule has 3 aromatic rings. The lowest BCUT2D eigenvalue weighted by molar-refractivity contribution is 0.624. The van der Waals surface area contributed by atoms with E-state index in [1.807, 2.05) is 31.3 Å². The standard InChI is InChI=1S/C19H18FN3/c1-22-8-7-16(13-5-3-2-4-6-13)14-9-17-15(11-21)12-23-19(17)18(20)10-14/h2-6,9-10,12,16,22-23H,7-8H2,1H3. The molecule has 1 unspecified atom stereocenters. The Morgan fingerprint density at radius 2 is 2.00 bits per heavy atom. The zero-order valence-electron chi connectivity index (χ0n) is 12.9. The number of hydrogen-bond donors (Lipinski definition) is 2. The number of fused-ring (bicyclic) bond motifs is 1. The van der Waals surface area contributed by atoms with Gasteiger partial charge >= 0.3 is 0 Å². The number of benzene rings is 2. The monoisotopic (exact) mass is 307 g/mol. The van der Waals surface area contributed by atoms with Crippen molar-refractivity contribution in [3.63, 3.8) is 0 Å². The van der Waals surface area contributed by atoms with Crippen LogP contribution in [0.1, 0.15) is 29.0 Å². The Labute approximate surface area is 134 Å². The lowest BCUT2D eigenvalue weighted by Crippen LogP contribution is -2.13. The van der Waals surface area contributed by atoms with Crippen molar-refractivity contribution in [2.24, 2.45) is 0 Å². The summed E-state index contributed by atoms with van der Waals surface area (Å²) >= 11 is 0. The molecule has 1 atom stereocenters. The first-order valence-corrected chi connectivity index (χ1v) is 7.64. The molecule has 0 bridgehead atoms. The Bertz CT molecular complexity index is 846. The topological polar surface area (TPSA) is 51.6 Å². The molecule has 3 nitrogen and oxygen atoms in total. The molecule has 0 spiro atoms. The minimum absolute atomic E-state index is 0.0870. The third kappa shape index (κ3) is 2.96. The van der Waals surface area contributed by atoms with Gasteiger partial charge in [0.2, 0.25) is 0 Å². The maximum absolute atomic E-state index is 14.4. The lowest BCUT2D eigenvalue weighted by atomic mass is 9.87. The Morgan fingerprint density at radius 3 is 2.70 bits per heavy atom. The number of H-pyrrole nitrogens is 1. The number of nitriles is 1. The van der Waals surface area contributed by atoms with E-state index in [4.69, 9.17) is 0 Å². The molecule has 3 rings (SSSR count). The van der Waals surface area contributed by atoms with Crippen LogP contribution in [0.3, 0.4) is 0 Å². The third-order valence-electron chi connectivity index (χ3n) is 4.17. The van der Waals surface area contributed by atoms with Gasteiger partial charge in [0.1, 0.15) is 11.9 Å². The predicted molar refractivity (Wildman–Crippen MR) is 89.8 cm³/mol. The van der Waals surface area contributed by atoms with Crippen molar-refractivity contribution >= 4 is 10.9 Å². The number of nitrogens with zero attached hydrogens (tertiary/aromatic N) is 1. The van der Waals surface area contributed by atoms with Gasteiger partial charge in [-0.05, 0) is 43.3 Å². The molecule has 2 N–H and O–H groups in total. The van der Waals surface area contributed by atoms with E-state index in [1.165, 1.54) is 0 Å². The number of aromatic nitrogens is 1. The number of rotatable bonds is 5. The molecule has 0 fully saturated rings. The fraction of sp³-hybridized carbons (Fsp3) is 0.211. The average molecular weight is 307 g/mol. The summed E-state index contributed by atoms with van der Waals surface area (Å²) in [6, 6.07) is 15.7. The fourth-order valence-corrected chi connectivity index (χ4v) is 3.00. The van der Waals surface area contributed by atoms with E-state index in [-0.39, 0.29) is 11.7 Å². The quantitative estimate of drug-likeness (QED) is 0.750. The molecular weight excluding hydrogens is 289 g/mol. The number of nitrogens with one attached hydrogen (secondary N) is 2. The maximum Gasteiger partial charge on any atom is 0.147 e. The van der Waals surface area contributed by atoms with Crippen LogP contribution in [0, 0.1) is 17.1 Å². The molecule has 0 amide bonds. The first kappa shape index (κ1) is 15.3. The summed E-state index contributed by atoms with van der Waals surface area (Å²) < 4.78 is 14.4. The molecule has 4 heteroatoms. The molecule has 1 heterocycles. The van der Waals surface area contributed by atoms with Gasteiger partial charge in [0, 0.05) is 17.5 Å². The van der Waals surface area contributed by atoms with Crippen molar-refractivity contribution in [1.82, 2.24) is 10.3 Å². The molecule has 0 aliphatic carbocycles. The molecule has 1 aromatic heterocycles. The Morgan fingerprint density at radius 1 is 1.22 bits per heavy atom. The van der Waals surface area contributed by atoms with Gasteiger partial charge in [0.05, 0.1) is 11.1 Å². The highest BCUT2D eigenvalue weighted by atomic mass is 19.1. The number of halogens is 1. The van der Waals surface area contributed by atoms with E-state index in [1.54, 1.807) is 12.3 Å². The van der Waals surface area contributed by atoms with Crippen molar-refractivity contribution in [2.75, 3.05) is 13.6 Å². The normalized spacial score (nSPS) is 12.2. The second-order valence-electron chi connectivity index (χ2n) is 5.59. The molecule has 0 aliphatic rings. The summed E-state index contributed by atoms with van der Waals surface area (Å²) in [5, 5.41) is 13.0. The zero-order valence-corrected chi connectivity index (χ0v) is 12.9. The predicted octanol–water partition coefficient (Wildman–Crippen LogP) is 3.92. The molecular formula is C19H18FN3. The van der Waals surface area contributed by atoms with E-state index in [2.05, 4.69) is 28.5 Å². The van der Waals surface area contributed by atoms with Crippen LogP contribution in [0.5, 0.6) is 0 Å². The van der Waals surface area contributed by atoms with Gasteiger partial charge in [-0.2, -0.15) is 5.26 Å². The van der Waals surface area contributed by atoms with E-state index in [9.17, 15) is 9.65 Å². The molecule has 2 aromatic carbocycles. The van der Waals surface area contributed by atoms with Crippen molar-refractivity contribution < 1.29 is 4.39 Å². The molecule has 0 saturated heterocycles. The maximum atomic E-state index is 14.4. The van der Waals surface area contributed by atoms with E-state index in [0.717, 1.165) is 24.1 Å². The zero-order chi connectivity index (χ0) is 16.2. The highest BCUT2D eigenvalue weighted by Gasteiger charge is 2.18. The van der Waals surface area contributed by atoms with Gasteiger partial charge in [-0.25, -0.2) is 4.39 Å². The van der Waals surface area contributed by atoms with Crippen LogP contribution in [0.4, 0.5) is 4.39 Å². The van der Waals surface area contributed by atoms with E-state index >= 15 is 0 Å². The van der Waals surface area contributed by atoms with E-state index in [0.29, 0.717) is 16.5 Å². The van der Waals surface area contributed by atoms with Gasteiger partial charge in [0.25, 0.3) is 0 Å².